The van der Waals surface area contributed by atoms with E-state index in [1.165, 1.54) is 4.90 Å². The number of benzene rings is 2. The Kier molecular flexibility index (Phi) is 6.86. The van der Waals surface area contributed by atoms with Crippen molar-refractivity contribution >= 4 is 23.4 Å². The van der Waals surface area contributed by atoms with Crippen LogP contribution >= 0.6 is 11.6 Å². The van der Waals surface area contributed by atoms with Gasteiger partial charge in [0.1, 0.15) is 18.1 Å². The normalized spacial score (nSPS) is 10.3. The monoisotopic (exact) mass is 376 g/mol. The molecule has 0 radical (unpaired) electrons. The maximum absolute atomic E-state index is 12.2. The second-order valence-corrected chi connectivity index (χ2v) is 6.21. The van der Waals surface area contributed by atoms with Gasteiger partial charge in [-0.05, 0) is 48.9 Å². The van der Waals surface area contributed by atoms with Crippen LogP contribution in [0.15, 0.2) is 42.5 Å². The van der Waals surface area contributed by atoms with Crippen molar-refractivity contribution in [2.45, 2.75) is 6.92 Å². The van der Waals surface area contributed by atoms with Crippen molar-refractivity contribution in [3.63, 3.8) is 0 Å². The molecule has 0 aliphatic carbocycles. The molecule has 7 heteroatoms. The molecule has 2 aromatic carbocycles. The molecule has 0 heterocycles. The van der Waals surface area contributed by atoms with Crippen molar-refractivity contribution in [1.29, 1.82) is 0 Å². The van der Waals surface area contributed by atoms with Crippen molar-refractivity contribution in [1.82, 2.24) is 4.90 Å². The van der Waals surface area contributed by atoms with E-state index < -0.39 is 5.91 Å². The van der Waals surface area contributed by atoms with E-state index in [1.807, 2.05) is 6.92 Å². The number of likely N-dealkylation sites (N-methyl/N-ethyl adjacent to an activating group) is 1. The molecule has 138 valence electrons. The second-order valence-electron chi connectivity index (χ2n) is 5.77. The van der Waals surface area contributed by atoms with Crippen LogP contribution < -0.4 is 15.2 Å². The Bertz CT molecular complexity index is 778. The van der Waals surface area contributed by atoms with Crippen LogP contribution in [0.5, 0.6) is 11.5 Å². The van der Waals surface area contributed by atoms with Crippen LogP contribution in [-0.4, -0.2) is 43.5 Å². The second kappa shape index (κ2) is 9.10. The summed E-state index contributed by atoms with van der Waals surface area (Å²) in [6.07, 6.45) is 0. The highest BCUT2D eigenvalue weighted by molar-refractivity contribution is 6.30. The average Bonchev–Trinajstić information content (AvgIpc) is 2.61. The van der Waals surface area contributed by atoms with Gasteiger partial charge < -0.3 is 20.1 Å². The molecule has 0 atom stereocenters. The summed E-state index contributed by atoms with van der Waals surface area (Å²) in [5.74, 6) is 0.146. The molecule has 0 saturated carbocycles. The molecule has 6 nitrogen and oxygen atoms in total. The highest BCUT2D eigenvalue weighted by Gasteiger charge is 2.14. The fraction of sp³-hybridized carbons (Fsp3) is 0.263. The molecule has 0 aliphatic heterocycles. The largest absolute Gasteiger partial charge is 0.492 e. The van der Waals surface area contributed by atoms with Gasteiger partial charge in [0, 0.05) is 12.1 Å². The van der Waals surface area contributed by atoms with E-state index in [1.54, 1.807) is 49.5 Å². The van der Waals surface area contributed by atoms with Gasteiger partial charge in [-0.15, -0.1) is 0 Å². The van der Waals surface area contributed by atoms with Crippen molar-refractivity contribution in [2.24, 2.45) is 5.73 Å². The lowest BCUT2D eigenvalue weighted by Crippen LogP contribution is -2.34. The van der Waals surface area contributed by atoms with Crippen LogP contribution in [0.1, 0.15) is 15.9 Å². The lowest BCUT2D eigenvalue weighted by atomic mass is 10.1. The van der Waals surface area contributed by atoms with Gasteiger partial charge in [-0.1, -0.05) is 17.7 Å². The number of nitrogens with two attached hydrogens (primary N) is 1. The Morgan fingerprint density at radius 1 is 1.12 bits per heavy atom. The van der Waals surface area contributed by atoms with Gasteiger partial charge in [-0.25, -0.2) is 0 Å². The third-order valence-corrected chi connectivity index (χ3v) is 3.94. The van der Waals surface area contributed by atoms with Crippen molar-refractivity contribution < 1.29 is 19.1 Å². The van der Waals surface area contributed by atoms with Crippen LogP contribution in [0, 0.1) is 6.92 Å². The number of carbonyl (C=O) groups is 2. The number of hydrogen-bond donors (Lipinski definition) is 1. The Labute approximate surface area is 157 Å². The highest BCUT2D eigenvalue weighted by Crippen LogP contribution is 2.20. The van der Waals surface area contributed by atoms with Gasteiger partial charge in [0.25, 0.3) is 11.8 Å². The number of ether oxygens (including phenoxy) is 2. The molecule has 2 aromatic rings. The lowest BCUT2D eigenvalue weighted by Gasteiger charge is -2.18. The molecule has 0 unspecified atom stereocenters. The summed E-state index contributed by atoms with van der Waals surface area (Å²) in [5, 5.41) is 0.633. The molecule has 0 bridgehead atoms. The van der Waals surface area contributed by atoms with Gasteiger partial charge in [0.15, 0.2) is 6.61 Å². The smallest absolute Gasteiger partial charge is 0.260 e. The number of nitrogens with zero attached hydrogens (tertiary/aromatic N) is 1. The minimum Gasteiger partial charge on any atom is -0.492 e. The standard InChI is InChI=1S/C19H21ClN2O4/c1-13-3-8-16(19(21)24)17(11-13)26-12-18(23)22(2)9-10-25-15-6-4-14(20)5-7-15/h3-8,11H,9-10,12H2,1-2H3,(H2,21,24). The summed E-state index contributed by atoms with van der Waals surface area (Å²) in [5.41, 5.74) is 6.47. The van der Waals surface area contributed by atoms with Gasteiger partial charge in [-0.3, -0.25) is 9.59 Å². The Hall–Kier alpha value is -2.73. The minimum absolute atomic E-state index is 0.193. The third kappa shape index (κ3) is 5.67. The van der Waals surface area contributed by atoms with Gasteiger partial charge in [0.05, 0.1) is 12.1 Å². The zero-order valence-electron chi connectivity index (χ0n) is 14.7. The molecule has 2 rings (SSSR count). The number of amides is 2. The molecule has 0 spiro atoms. The first-order valence-corrected chi connectivity index (χ1v) is 8.40. The number of aryl methyl sites for hydroxylation is 1. The van der Waals surface area contributed by atoms with Crippen LogP contribution in [0.3, 0.4) is 0 Å². The maximum Gasteiger partial charge on any atom is 0.260 e. The first kappa shape index (κ1) is 19.6. The predicted molar refractivity (Wildman–Crippen MR) is 99.8 cm³/mol. The topological polar surface area (TPSA) is 81.9 Å². The first-order chi connectivity index (χ1) is 12.4. The minimum atomic E-state index is -0.600. The summed E-state index contributed by atoms with van der Waals surface area (Å²) in [6, 6.07) is 12.0. The lowest BCUT2D eigenvalue weighted by molar-refractivity contribution is -0.132. The van der Waals surface area contributed by atoms with E-state index in [2.05, 4.69) is 0 Å². The Morgan fingerprint density at radius 2 is 1.81 bits per heavy atom. The molecule has 0 aromatic heterocycles. The fourth-order valence-electron chi connectivity index (χ4n) is 2.16. The molecular formula is C19H21ClN2O4. The number of carbonyl (C=O) groups excluding carboxylic acids is 2. The fourth-order valence-corrected chi connectivity index (χ4v) is 2.28. The molecule has 0 aliphatic rings. The Morgan fingerprint density at radius 3 is 2.46 bits per heavy atom. The first-order valence-electron chi connectivity index (χ1n) is 8.02. The number of primary amides is 1. The van der Waals surface area contributed by atoms with Gasteiger partial charge in [0.2, 0.25) is 0 Å². The zero-order chi connectivity index (χ0) is 19.1. The van der Waals surface area contributed by atoms with E-state index in [4.69, 9.17) is 26.8 Å². The summed E-state index contributed by atoms with van der Waals surface area (Å²) in [4.78, 5) is 25.1. The zero-order valence-corrected chi connectivity index (χ0v) is 15.5. The van der Waals surface area contributed by atoms with Crippen LogP contribution in [0.4, 0.5) is 0 Å². The van der Waals surface area contributed by atoms with E-state index in [0.717, 1.165) is 5.56 Å². The Balaban J connectivity index is 1.83. The van der Waals surface area contributed by atoms with E-state index in [0.29, 0.717) is 29.7 Å². The van der Waals surface area contributed by atoms with Crippen LogP contribution in [0.2, 0.25) is 5.02 Å². The average molecular weight is 377 g/mol. The summed E-state index contributed by atoms with van der Waals surface area (Å²) in [6.45, 7) is 2.39. The number of hydrogen-bond acceptors (Lipinski definition) is 4. The molecule has 2 N–H and O–H groups in total. The summed E-state index contributed by atoms with van der Waals surface area (Å²) < 4.78 is 11.0. The van der Waals surface area contributed by atoms with Gasteiger partial charge >= 0.3 is 0 Å². The van der Waals surface area contributed by atoms with Crippen molar-refractivity contribution in [3.05, 3.63) is 58.6 Å². The van der Waals surface area contributed by atoms with Crippen LogP contribution in [0.25, 0.3) is 0 Å². The maximum atomic E-state index is 12.2. The predicted octanol–water partition coefficient (Wildman–Crippen LogP) is 2.66. The molecule has 0 saturated heterocycles. The third-order valence-electron chi connectivity index (χ3n) is 3.69. The van der Waals surface area contributed by atoms with E-state index >= 15 is 0 Å². The number of rotatable bonds is 8. The molecule has 0 fully saturated rings. The number of halogens is 1. The molecule has 2 amide bonds. The van der Waals surface area contributed by atoms with E-state index in [-0.39, 0.29) is 18.1 Å². The van der Waals surface area contributed by atoms with E-state index in [9.17, 15) is 9.59 Å². The van der Waals surface area contributed by atoms with Crippen molar-refractivity contribution in [2.75, 3.05) is 26.8 Å². The highest BCUT2D eigenvalue weighted by atomic mass is 35.5. The summed E-state index contributed by atoms with van der Waals surface area (Å²) >= 11 is 5.81. The van der Waals surface area contributed by atoms with Crippen molar-refractivity contribution in [3.8, 4) is 11.5 Å². The van der Waals surface area contributed by atoms with Gasteiger partial charge in [-0.2, -0.15) is 0 Å². The summed E-state index contributed by atoms with van der Waals surface area (Å²) in [7, 11) is 1.65. The molecule has 26 heavy (non-hydrogen) atoms. The quantitative estimate of drug-likeness (QED) is 0.767. The SMILES string of the molecule is Cc1ccc(C(N)=O)c(OCC(=O)N(C)CCOc2ccc(Cl)cc2)c1. The molecular weight excluding hydrogens is 356 g/mol. The van der Waals surface area contributed by atoms with Crippen LogP contribution in [-0.2, 0) is 4.79 Å².